The van der Waals surface area contributed by atoms with E-state index in [1.54, 1.807) is 22.3 Å². The molecule has 0 atom stereocenters. The van der Waals surface area contributed by atoms with Gasteiger partial charge in [-0.2, -0.15) is 0 Å². The number of anilines is 2. The van der Waals surface area contributed by atoms with Crippen molar-refractivity contribution in [1.29, 1.82) is 0 Å². The number of hydrogen-bond donors (Lipinski definition) is 0. The molecule has 1 spiro atoms. The molecular weight excluding hydrogens is 723 g/mol. The van der Waals surface area contributed by atoms with E-state index in [0.29, 0.717) is 0 Å². The van der Waals surface area contributed by atoms with E-state index in [1.165, 1.54) is 98.0 Å². The molecule has 0 radical (unpaired) electrons. The van der Waals surface area contributed by atoms with E-state index in [0.717, 1.165) is 25.7 Å². The Morgan fingerprint density at radius 2 is 0.950 bits per heavy atom. The molecule has 0 heterocycles. The lowest BCUT2D eigenvalue weighted by Gasteiger charge is -2.35. The molecule has 11 rings (SSSR count). The van der Waals surface area contributed by atoms with Crippen LogP contribution < -0.4 is 4.90 Å². The summed E-state index contributed by atoms with van der Waals surface area (Å²) in [6, 6.07) is 64.2. The van der Waals surface area contributed by atoms with Crippen LogP contribution in [0, 0.1) is 5.41 Å². The first-order valence-electron chi connectivity index (χ1n) is 22.0. The summed E-state index contributed by atoms with van der Waals surface area (Å²) in [5.41, 5.74) is 20.8. The van der Waals surface area contributed by atoms with Crippen LogP contribution in [0.4, 0.5) is 11.4 Å². The molecule has 7 aromatic carbocycles. The highest BCUT2D eigenvalue weighted by atomic mass is 15.1. The monoisotopic (exact) mass is 771 g/mol. The SMILES string of the molecule is C1=C(/C=C/c2ccc(-c3ccc4cc(-c5ccccc5)c(-c5ccccc5)cc4c3)cc2)CCC2=C1C1(CCCC1)C1=C2CCC(N(c2ccccc2)c2ccccc2)=C1. The molecule has 60 heavy (non-hydrogen) atoms. The smallest absolute Gasteiger partial charge is 0.0458 e. The molecule has 0 N–H and O–H groups in total. The Balaban J connectivity index is 0.860. The van der Waals surface area contributed by atoms with Crippen LogP contribution in [-0.2, 0) is 0 Å². The first-order valence-corrected chi connectivity index (χ1v) is 22.0. The summed E-state index contributed by atoms with van der Waals surface area (Å²) in [6.07, 6.45) is 19.5. The lowest BCUT2D eigenvalue weighted by molar-refractivity contribution is 0.468. The van der Waals surface area contributed by atoms with Crippen LogP contribution in [-0.4, -0.2) is 0 Å². The fourth-order valence-electron chi connectivity index (χ4n) is 10.7. The van der Waals surface area contributed by atoms with Crippen LogP contribution in [0.2, 0.25) is 0 Å². The third kappa shape index (κ3) is 6.59. The summed E-state index contributed by atoms with van der Waals surface area (Å²) >= 11 is 0. The largest absolute Gasteiger partial charge is 0.314 e. The molecule has 1 saturated carbocycles. The second-order valence-corrected chi connectivity index (χ2v) is 17.1. The molecule has 0 aromatic heterocycles. The summed E-state index contributed by atoms with van der Waals surface area (Å²) in [5.74, 6) is 0. The summed E-state index contributed by atoms with van der Waals surface area (Å²) < 4.78 is 0. The van der Waals surface area contributed by atoms with Crippen molar-refractivity contribution in [1.82, 2.24) is 0 Å². The Morgan fingerprint density at radius 1 is 0.417 bits per heavy atom. The van der Waals surface area contributed by atoms with Crippen molar-refractivity contribution < 1.29 is 0 Å². The van der Waals surface area contributed by atoms with Crippen molar-refractivity contribution in [2.45, 2.75) is 51.4 Å². The number of nitrogens with zero attached hydrogens (tertiary/aromatic N) is 1. The normalized spacial score (nSPS) is 16.9. The standard InChI is InChI=1S/C59H49N/c1-5-15-45(16-6-1)55-39-48-31-30-47(38-49(48)40-56(55)46-17-7-2-8-18-46)44-28-25-42(26-29-44)23-24-43-27-33-53-54-34-32-52(41-58(54)59(57(53)37-43)35-13-14-36-59)60(50-19-9-3-10-20-50)51-21-11-4-12-22-51/h1-12,15-26,28-31,37-41H,13-14,27,32-36H2/b24-23+. The zero-order valence-electron chi connectivity index (χ0n) is 34.2. The fourth-order valence-corrected chi connectivity index (χ4v) is 10.7. The van der Waals surface area contributed by atoms with Gasteiger partial charge in [-0.1, -0.05) is 165 Å². The zero-order valence-corrected chi connectivity index (χ0v) is 34.2. The number of allylic oxidation sites excluding steroid dienone is 9. The van der Waals surface area contributed by atoms with E-state index in [2.05, 4.69) is 205 Å². The van der Waals surface area contributed by atoms with E-state index in [9.17, 15) is 0 Å². The molecule has 0 saturated heterocycles. The zero-order chi connectivity index (χ0) is 39.9. The van der Waals surface area contributed by atoms with E-state index >= 15 is 0 Å². The second kappa shape index (κ2) is 15.5. The van der Waals surface area contributed by atoms with Crippen LogP contribution in [0.15, 0.2) is 228 Å². The average molecular weight is 772 g/mol. The first kappa shape index (κ1) is 36.4. The molecule has 290 valence electrons. The van der Waals surface area contributed by atoms with Crippen molar-refractivity contribution in [2.75, 3.05) is 4.90 Å². The molecule has 0 aliphatic heterocycles. The van der Waals surface area contributed by atoms with E-state index in [-0.39, 0.29) is 5.41 Å². The van der Waals surface area contributed by atoms with Gasteiger partial charge in [0, 0.05) is 22.5 Å². The predicted molar refractivity (Wildman–Crippen MR) is 254 cm³/mol. The maximum absolute atomic E-state index is 2.62. The van der Waals surface area contributed by atoms with Crippen LogP contribution in [0.5, 0.6) is 0 Å². The average Bonchev–Trinajstić information content (AvgIpc) is 3.92. The highest BCUT2D eigenvalue weighted by molar-refractivity contribution is 5.98. The Hall–Kier alpha value is -6.70. The van der Waals surface area contributed by atoms with Gasteiger partial charge in [0.2, 0.25) is 0 Å². The van der Waals surface area contributed by atoms with Crippen LogP contribution in [0.1, 0.15) is 56.9 Å². The minimum Gasteiger partial charge on any atom is -0.314 e. The highest BCUT2D eigenvalue weighted by Crippen LogP contribution is 2.62. The molecule has 7 aromatic rings. The first-order chi connectivity index (χ1) is 29.7. The molecule has 1 nitrogen and oxygen atoms in total. The van der Waals surface area contributed by atoms with Crippen molar-refractivity contribution in [3.05, 3.63) is 233 Å². The number of fused-ring (bicyclic) bond motifs is 4. The lowest BCUT2D eigenvalue weighted by atomic mass is 9.72. The van der Waals surface area contributed by atoms with E-state index in [4.69, 9.17) is 0 Å². The van der Waals surface area contributed by atoms with Crippen molar-refractivity contribution in [2.24, 2.45) is 5.41 Å². The van der Waals surface area contributed by atoms with Crippen LogP contribution >= 0.6 is 0 Å². The van der Waals surface area contributed by atoms with Crippen LogP contribution in [0.25, 0.3) is 50.2 Å². The number of rotatable bonds is 8. The Morgan fingerprint density at radius 3 is 1.57 bits per heavy atom. The van der Waals surface area contributed by atoms with Gasteiger partial charge in [0.1, 0.15) is 0 Å². The molecule has 0 unspecified atom stereocenters. The van der Waals surface area contributed by atoms with Crippen molar-refractivity contribution in [3.8, 4) is 33.4 Å². The Labute approximate surface area is 355 Å². The Kier molecular flexibility index (Phi) is 9.39. The molecule has 0 amide bonds. The molecule has 1 fully saturated rings. The summed E-state index contributed by atoms with van der Waals surface area (Å²) in [6.45, 7) is 0. The fraction of sp³-hybridized carbons (Fsp3) is 0.153. The third-order valence-corrected chi connectivity index (χ3v) is 13.6. The van der Waals surface area contributed by atoms with Gasteiger partial charge in [0.15, 0.2) is 0 Å². The third-order valence-electron chi connectivity index (χ3n) is 13.6. The second-order valence-electron chi connectivity index (χ2n) is 17.1. The van der Waals surface area contributed by atoms with Gasteiger partial charge < -0.3 is 4.90 Å². The quantitative estimate of drug-likeness (QED) is 0.149. The number of para-hydroxylation sites is 2. The van der Waals surface area contributed by atoms with E-state index < -0.39 is 0 Å². The summed E-state index contributed by atoms with van der Waals surface area (Å²) in [7, 11) is 0. The van der Waals surface area contributed by atoms with Gasteiger partial charge in [-0.25, -0.2) is 0 Å². The Bertz CT molecular complexity index is 2830. The molecular formula is C59H49N. The lowest BCUT2D eigenvalue weighted by Crippen LogP contribution is -2.23. The maximum atomic E-state index is 2.62. The minimum atomic E-state index is 0.154. The highest BCUT2D eigenvalue weighted by Gasteiger charge is 2.48. The van der Waals surface area contributed by atoms with Crippen molar-refractivity contribution >= 4 is 28.2 Å². The summed E-state index contributed by atoms with van der Waals surface area (Å²) in [4.78, 5) is 2.50. The van der Waals surface area contributed by atoms with Gasteiger partial charge >= 0.3 is 0 Å². The van der Waals surface area contributed by atoms with Gasteiger partial charge in [0.25, 0.3) is 0 Å². The number of hydrogen-bond acceptors (Lipinski definition) is 1. The molecule has 0 bridgehead atoms. The van der Waals surface area contributed by atoms with Crippen molar-refractivity contribution in [3.63, 3.8) is 0 Å². The topological polar surface area (TPSA) is 3.24 Å². The maximum Gasteiger partial charge on any atom is 0.0458 e. The van der Waals surface area contributed by atoms with Gasteiger partial charge in [0.05, 0.1) is 0 Å². The minimum absolute atomic E-state index is 0.154. The van der Waals surface area contributed by atoms with Gasteiger partial charge in [-0.3, -0.25) is 0 Å². The summed E-state index contributed by atoms with van der Waals surface area (Å²) in [5, 5.41) is 2.51. The molecule has 4 aliphatic carbocycles. The predicted octanol–water partition coefficient (Wildman–Crippen LogP) is 16.3. The van der Waals surface area contributed by atoms with Gasteiger partial charge in [-0.05, 0) is 165 Å². The van der Waals surface area contributed by atoms with E-state index in [1.807, 2.05) is 0 Å². The molecule has 1 heteroatoms. The number of benzene rings is 7. The molecule has 4 aliphatic rings. The van der Waals surface area contributed by atoms with Crippen LogP contribution in [0.3, 0.4) is 0 Å². The van der Waals surface area contributed by atoms with Gasteiger partial charge in [-0.15, -0.1) is 0 Å².